The van der Waals surface area contributed by atoms with Crippen molar-refractivity contribution < 1.29 is 32.2 Å². The van der Waals surface area contributed by atoms with E-state index >= 15 is 0 Å². The first-order valence-electron chi connectivity index (χ1n) is 7.63. The number of carbonyl (C=O) groups is 1. The maximum Gasteiger partial charge on any atom is 0.224 e. The predicted octanol–water partition coefficient (Wildman–Crippen LogP) is 3.70. The van der Waals surface area contributed by atoms with Crippen molar-refractivity contribution in [2.45, 2.75) is 12.8 Å². The minimum absolute atomic E-state index is 0.0168. The van der Waals surface area contributed by atoms with Crippen molar-refractivity contribution in [2.75, 3.05) is 26.6 Å². The maximum absolute atomic E-state index is 13.6. The summed E-state index contributed by atoms with van der Waals surface area (Å²) < 4.78 is 55.4. The normalized spacial score (nSPS) is 10.4. The molecule has 2 aromatic rings. The maximum atomic E-state index is 13.6. The molecule has 2 rings (SSSR count). The van der Waals surface area contributed by atoms with Crippen LogP contribution >= 0.6 is 0 Å². The largest absolute Gasteiger partial charge is 0.493 e. The summed E-state index contributed by atoms with van der Waals surface area (Å²) >= 11 is 0. The second-order valence-electron chi connectivity index (χ2n) is 5.30. The molecule has 0 aliphatic rings. The van der Waals surface area contributed by atoms with Crippen molar-refractivity contribution in [3.05, 3.63) is 47.3 Å². The Bertz CT molecular complexity index is 786. The van der Waals surface area contributed by atoms with Crippen molar-refractivity contribution in [1.29, 1.82) is 0 Å². The first-order chi connectivity index (χ1) is 12.4. The molecule has 2 aromatic carbocycles. The molecular weight excluding hydrogens is 351 g/mol. The number of ether oxygens (including phenoxy) is 3. The third-order valence-corrected chi connectivity index (χ3v) is 3.67. The number of hydrogen-bond acceptors (Lipinski definition) is 4. The van der Waals surface area contributed by atoms with E-state index in [9.17, 15) is 18.0 Å². The molecule has 0 saturated heterocycles. The molecule has 0 aliphatic carbocycles. The summed E-state index contributed by atoms with van der Waals surface area (Å²) in [6, 6.07) is 5.08. The molecule has 0 saturated carbocycles. The third-order valence-electron chi connectivity index (χ3n) is 3.67. The lowest BCUT2D eigenvalue weighted by molar-refractivity contribution is -0.116. The van der Waals surface area contributed by atoms with Crippen LogP contribution in [0.3, 0.4) is 0 Å². The van der Waals surface area contributed by atoms with Crippen LogP contribution in [0.2, 0.25) is 0 Å². The van der Waals surface area contributed by atoms with Crippen LogP contribution in [0.5, 0.6) is 17.2 Å². The van der Waals surface area contributed by atoms with Gasteiger partial charge in [-0.05, 0) is 36.2 Å². The van der Waals surface area contributed by atoms with Gasteiger partial charge in [0.2, 0.25) is 11.7 Å². The van der Waals surface area contributed by atoms with Gasteiger partial charge in [0.25, 0.3) is 0 Å². The van der Waals surface area contributed by atoms with Gasteiger partial charge < -0.3 is 19.5 Å². The number of methoxy groups -OCH3 is 3. The summed E-state index contributed by atoms with van der Waals surface area (Å²) in [4.78, 5) is 12.0. The van der Waals surface area contributed by atoms with E-state index < -0.39 is 29.0 Å². The Morgan fingerprint density at radius 1 is 0.962 bits per heavy atom. The molecule has 0 heterocycles. The van der Waals surface area contributed by atoms with E-state index in [1.54, 1.807) is 12.1 Å². The third kappa shape index (κ3) is 4.19. The van der Waals surface area contributed by atoms with Gasteiger partial charge in [-0.25, -0.2) is 13.2 Å². The Morgan fingerprint density at radius 3 is 2.12 bits per heavy atom. The standard InChI is InChI=1S/C18H18F3NO4/c1-24-13-8-10(9-14(25-2)18(13)26-3)4-7-15(23)22-12-6-5-11(19)16(20)17(12)21/h5-6,8-9H,4,7H2,1-3H3,(H,22,23). The molecule has 26 heavy (non-hydrogen) atoms. The van der Waals surface area contributed by atoms with Crippen LogP contribution in [0.15, 0.2) is 24.3 Å². The Kier molecular flexibility index (Phi) is 6.32. The molecule has 0 bridgehead atoms. The fourth-order valence-electron chi connectivity index (χ4n) is 2.37. The smallest absolute Gasteiger partial charge is 0.224 e. The van der Waals surface area contributed by atoms with E-state index in [4.69, 9.17) is 14.2 Å². The molecule has 0 spiro atoms. The summed E-state index contributed by atoms with van der Waals surface area (Å²) in [5.41, 5.74) is 0.305. The van der Waals surface area contributed by atoms with Crippen molar-refractivity contribution in [3.63, 3.8) is 0 Å². The molecule has 0 aliphatic heterocycles. The highest BCUT2D eigenvalue weighted by molar-refractivity contribution is 5.91. The highest BCUT2D eigenvalue weighted by Gasteiger charge is 2.16. The molecule has 8 heteroatoms. The van der Waals surface area contributed by atoms with Gasteiger partial charge in [-0.2, -0.15) is 0 Å². The molecule has 140 valence electrons. The molecule has 0 radical (unpaired) electrons. The van der Waals surface area contributed by atoms with Crippen molar-refractivity contribution in [1.82, 2.24) is 0 Å². The van der Waals surface area contributed by atoms with Crippen LogP contribution in [0, 0.1) is 17.5 Å². The molecule has 1 amide bonds. The summed E-state index contributed by atoms with van der Waals surface area (Å²) in [7, 11) is 4.42. The zero-order valence-corrected chi connectivity index (χ0v) is 14.5. The summed E-state index contributed by atoms with van der Waals surface area (Å²) in [5, 5.41) is 2.22. The molecule has 1 N–H and O–H groups in total. The second-order valence-corrected chi connectivity index (χ2v) is 5.30. The number of carbonyl (C=O) groups excluding carboxylic acids is 1. The zero-order valence-electron chi connectivity index (χ0n) is 14.5. The Hall–Kier alpha value is -2.90. The van der Waals surface area contributed by atoms with Crippen LogP contribution in [-0.2, 0) is 11.2 Å². The van der Waals surface area contributed by atoms with Crippen LogP contribution in [0.25, 0.3) is 0 Å². The molecule has 0 aromatic heterocycles. The Morgan fingerprint density at radius 2 is 1.58 bits per heavy atom. The quantitative estimate of drug-likeness (QED) is 0.756. The van der Waals surface area contributed by atoms with Crippen LogP contribution in [-0.4, -0.2) is 27.2 Å². The average molecular weight is 369 g/mol. The number of aryl methyl sites for hydroxylation is 1. The van der Waals surface area contributed by atoms with Crippen LogP contribution in [0.1, 0.15) is 12.0 Å². The summed E-state index contributed by atoms with van der Waals surface area (Å²) in [6.07, 6.45) is 0.269. The van der Waals surface area contributed by atoms with E-state index in [0.717, 1.165) is 17.7 Å². The summed E-state index contributed by atoms with van der Waals surface area (Å²) in [6.45, 7) is 0. The van der Waals surface area contributed by atoms with E-state index in [1.807, 2.05) is 0 Å². The molecule has 0 fully saturated rings. The number of amides is 1. The second kappa shape index (κ2) is 8.46. The average Bonchev–Trinajstić information content (AvgIpc) is 2.65. The van der Waals surface area contributed by atoms with E-state index in [0.29, 0.717) is 17.2 Å². The Labute approximate surface area is 148 Å². The van der Waals surface area contributed by atoms with Crippen molar-refractivity contribution >= 4 is 11.6 Å². The minimum Gasteiger partial charge on any atom is -0.493 e. The van der Waals surface area contributed by atoms with Crippen LogP contribution in [0.4, 0.5) is 18.9 Å². The zero-order chi connectivity index (χ0) is 19.3. The van der Waals surface area contributed by atoms with Gasteiger partial charge in [0, 0.05) is 6.42 Å². The monoisotopic (exact) mass is 369 g/mol. The molecule has 0 unspecified atom stereocenters. The van der Waals surface area contributed by atoms with Crippen molar-refractivity contribution in [3.8, 4) is 17.2 Å². The molecule has 5 nitrogen and oxygen atoms in total. The summed E-state index contributed by atoms with van der Waals surface area (Å²) in [5.74, 6) is -3.64. The Balaban J connectivity index is 2.09. The van der Waals surface area contributed by atoms with Gasteiger partial charge in [-0.1, -0.05) is 0 Å². The van der Waals surface area contributed by atoms with Gasteiger partial charge in [0.05, 0.1) is 27.0 Å². The van der Waals surface area contributed by atoms with E-state index in [2.05, 4.69) is 5.32 Å². The number of nitrogens with one attached hydrogen (secondary N) is 1. The molecule has 0 atom stereocenters. The van der Waals surface area contributed by atoms with Gasteiger partial charge in [0.1, 0.15) is 0 Å². The lowest BCUT2D eigenvalue weighted by Crippen LogP contribution is -2.14. The predicted molar refractivity (Wildman–Crippen MR) is 89.4 cm³/mol. The van der Waals surface area contributed by atoms with Gasteiger partial charge >= 0.3 is 0 Å². The fraction of sp³-hybridized carbons (Fsp3) is 0.278. The molecular formula is C18H18F3NO4. The van der Waals surface area contributed by atoms with Gasteiger partial charge in [-0.3, -0.25) is 4.79 Å². The fourth-order valence-corrected chi connectivity index (χ4v) is 2.37. The first kappa shape index (κ1) is 19.4. The lowest BCUT2D eigenvalue weighted by atomic mass is 10.1. The minimum atomic E-state index is -1.63. The van der Waals surface area contributed by atoms with Gasteiger partial charge in [-0.15, -0.1) is 0 Å². The number of rotatable bonds is 7. The van der Waals surface area contributed by atoms with Crippen LogP contribution < -0.4 is 19.5 Å². The number of benzene rings is 2. The highest BCUT2D eigenvalue weighted by atomic mass is 19.2. The number of halogens is 3. The topological polar surface area (TPSA) is 56.8 Å². The van der Waals surface area contributed by atoms with Gasteiger partial charge in [0.15, 0.2) is 29.0 Å². The van der Waals surface area contributed by atoms with Crippen molar-refractivity contribution in [2.24, 2.45) is 0 Å². The lowest BCUT2D eigenvalue weighted by Gasteiger charge is -2.14. The number of hydrogen-bond donors (Lipinski definition) is 1. The SMILES string of the molecule is COc1cc(CCC(=O)Nc2ccc(F)c(F)c2F)cc(OC)c1OC. The van der Waals surface area contributed by atoms with E-state index in [1.165, 1.54) is 21.3 Å². The first-order valence-corrected chi connectivity index (χ1v) is 7.63. The highest BCUT2D eigenvalue weighted by Crippen LogP contribution is 2.38. The number of anilines is 1. The van der Waals surface area contributed by atoms with E-state index in [-0.39, 0.29) is 12.8 Å².